The number of nitrogens with zero attached hydrogens (tertiary/aromatic N) is 1. The topological polar surface area (TPSA) is 42.2 Å². The van der Waals surface area contributed by atoms with E-state index >= 15 is 0 Å². The zero-order valence-corrected chi connectivity index (χ0v) is 12.6. The molecular weight excluding hydrogens is 260 g/mol. The maximum Gasteiger partial charge on any atom is 0.496 e. The Morgan fingerprint density at radius 2 is 1.68 bits per heavy atom. The number of aryl methyl sites for hydroxylation is 1. The van der Waals surface area contributed by atoms with E-state index in [1.54, 1.807) is 12.1 Å². The van der Waals surface area contributed by atoms with Crippen LogP contribution in [0, 0.1) is 18.3 Å². The second kappa shape index (κ2) is 4.52. The fourth-order valence-electron chi connectivity index (χ4n) is 1.96. The van der Waals surface area contributed by atoms with Gasteiger partial charge >= 0.3 is 7.12 Å². The van der Waals surface area contributed by atoms with Gasteiger partial charge in [0.05, 0.1) is 22.8 Å². The molecule has 0 spiro atoms. The van der Waals surface area contributed by atoms with Gasteiger partial charge in [-0.2, -0.15) is 5.26 Å². The first-order valence-corrected chi connectivity index (χ1v) is 6.61. The summed E-state index contributed by atoms with van der Waals surface area (Å²) >= 11 is 6.14. The maximum atomic E-state index is 9.25. The van der Waals surface area contributed by atoms with Gasteiger partial charge in [0.2, 0.25) is 0 Å². The van der Waals surface area contributed by atoms with Crippen LogP contribution in [0.15, 0.2) is 12.1 Å². The Kier molecular flexibility index (Phi) is 3.42. The molecule has 0 aromatic heterocycles. The molecule has 0 aliphatic carbocycles. The molecule has 5 heteroatoms. The van der Waals surface area contributed by atoms with Gasteiger partial charge in [-0.3, -0.25) is 0 Å². The quantitative estimate of drug-likeness (QED) is 0.741. The van der Waals surface area contributed by atoms with E-state index in [0.717, 1.165) is 5.56 Å². The average Bonchev–Trinajstić information content (AvgIpc) is 2.51. The molecule has 0 amide bonds. The van der Waals surface area contributed by atoms with Gasteiger partial charge < -0.3 is 9.31 Å². The minimum atomic E-state index is -0.558. The summed E-state index contributed by atoms with van der Waals surface area (Å²) in [6.07, 6.45) is 0. The lowest BCUT2D eigenvalue weighted by molar-refractivity contribution is 0.00578. The first-order chi connectivity index (χ1) is 8.68. The molecule has 3 nitrogen and oxygen atoms in total. The largest absolute Gasteiger partial charge is 0.496 e. The van der Waals surface area contributed by atoms with E-state index in [4.69, 9.17) is 20.9 Å². The molecule has 1 aliphatic heterocycles. The monoisotopic (exact) mass is 277 g/mol. The van der Waals surface area contributed by atoms with E-state index in [9.17, 15) is 5.26 Å². The fraction of sp³-hybridized carbons (Fsp3) is 0.500. The third-order valence-corrected chi connectivity index (χ3v) is 4.37. The van der Waals surface area contributed by atoms with Crippen LogP contribution in [0.3, 0.4) is 0 Å². The van der Waals surface area contributed by atoms with Crippen molar-refractivity contribution in [3.63, 3.8) is 0 Å². The highest BCUT2D eigenvalue weighted by atomic mass is 35.5. The van der Waals surface area contributed by atoms with Crippen molar-refractivity contribution >= 4 is 24.2 Å². The Morgan fingerprint density at radius 3 is 2.16 bits per heavy atom. The van der Waals surface area contributed by atoms with Crippen molar-refractivity contribution in [2.45, 2.75) is 45.8 Å². The molecule has 0 N–H and O–H groups in total. The van der Waals surface area contributed by atoms with Crippen LogP contribution in [-0.2, 0) is 9.31 Å². The standard InChI is InChI=1S/C14H17BClNO2/c1-9-6-10(8-17)11(7-12(9)16)15-18-13(2,3)14(4,5)19-15/h6-7H,1-5H3. The second-order valence-electron chi connectivity index (χ2n) is 5.89. The lowest BCUT2D eigenvalue weighted by Crippen LogP contribution is -2.41. The third kappa shape index (κ3) is 2.39. The van der Waals surface area contributed by atoms with Gasteiger partial charge in [0.1, 0.15) is 0 Å². The number of hydrogen-bond acceptors (Lipinski definition) is 3. The summed E-state index contributed by atoms with van der Waals surface area (Å²) in [5.74, 6) is 0. The van der Waals surface area contributed by atoms with Crippen LogP contribution in [0.5, 0.6) is 0 Å². The first-order valence-electron chi connectivity index (χ1n) is 6.24. The van der Waals surface area contributed by atoms with E-state index in [1.807, 2.05) is 34.6 Å². The summed E-state index contributed by atoms with van der Waals surface area (Å²) in [6.45, 7) is 9.80. The van der Waals surface area contributed by atoms with E-state index in [1.165, 1.54) is 0 Å². The van der Waals surface area contributed by atoms with Crippen molar-refractivity contribution in [2.75, 3.05) is 0 Å². The van der Waals surface area contributed by atoms with E-state index in [2.05, 4.69) is 6.07 Å². The lowest BCUT2D eigenvalue weighted by atomic mass is 9.75. The van der Waals surface area contributed by atoms with E-state index < -0.39 is 18.3 Å². The highest BCUT2D eigenvalue weighted by Crippen LogP contribution is 2.37. The predicted octanol–water partition coefficient (Wildman–Crippen LogP) is 2.82. The summed E-state index contributed by atoms with van der Waals surface area (Å²) < 4.78 is 11.9. The summed E-state index contributed by atoms with van der Waals surface area (Å²) in [4.78, 5) is 0. The molecule has 1 heterocycles. The molecule has 0 atom stereocenters. The lowest BCUT2D eigenvalue weighted by Gasteiger charge is -2.32. The van der Waals surface area contributed by atoms with E-state index in [0.29, 0.717) is 16.0 Å². The van der Waals surface area contributed by atoms with Crippen LogP contribution in [0.25, 0.3) is 0 Å². The second-order valence-corrected chi connectivity index (χ2v) is 6.30. The number of hydrogen-bond donors (Lipinski definition) is 0. The number of nitriles is 1. The summed E-state index contributed by atoms with van der Waals surface area (Å²) in [5, 5.41) is 9.86. The van der Waals surface area contributed by atoms with Gasteiger partial charge in [0.15, 0.2) is 0 Å². The van der Waals surface area contributed by atoms with Crippen LogP contribution in [0.1, 0.15) is 38.8 Å². The first kappa shape index (κ1) is 14.4. The summed E-state index contributed by atoms with van der Waals surface area (Å²) in [7, 11) is -0.558. The van der Waals surface area contributed by atoms with Crippen LogP contribution >= 0.6 is 11.6 Å². The Bertz CT molecular complexity index is 547. The third-order valence-electron chi connectivity index (χ3n) is 3.96. The molecule has 1 aliphatic rings. The molecule has 2 rings (SSSR count). The average molecular weight is 278 g/mol. The Hall–Kier alpha value is -1.02. The zero-order valence-electron chi connectivity index (χ0n) is 11.9. The molecule has 1 saturated heterocycles. The molecule has 0 unspecified atom stereocenters. The van der Waals surface area contributed by atoms with Gasteiger partial charge in [-0.05, 0) is 52.3 Å². The van der Waals surface area contributed by atoms with Crippen LogP contribution in [0.2, 0.25) is 5.02 Å². The predicted molar refractivity (Wildman–Crippen MR) is 76.6 cm³/mol. The van der Waals surface area contributed by atoms with Crippen molar-refractivity contribution < 1.29 is 9.31 Å². The van der Waals surface area contributed by atoms with Crippen LogP contribution < -0.4 is 5.46 Å². The molecule has 100 valence electrons. The minimum Gasteiger partial charge on any atom is -0.399 e. The molecule has 0 radical (unpaired) electrons. The van der Waals surface area contributed by atoms with Crippen molar-refractivity contribution in [1.82, 2.24) is 0 Å². The van der Waals surface area contributed by atoms with E-state index in [-0.39, 0.29) is 0 Å². The van der Waals surface area contributed by atoms with Gasteiger partial charge in [0, 0.05) is 10.5 Å². The van der Waals surface area contributed by atoms with Gasteiger partial charge in [0.25, 0.3) is 0 Å². The zero-order chi connectivity index (χ0) is 14.4. The van der Waals surface area contributed by atoms with Crippen molar-refractivity contribution in [2.24, 2.45) is 0 Å². The Morgan fingerprint density at radius 1 is 1.16 bits per heavy atom. The highest BCUT2D eigenvalue weighted by Gasteiger charge is 2.52. The maximum absolute atomic E-state index is 9.25. The molecule has 1 aromatic rings. The number of benzene rings is 1. The number of rotatable bonds is 1. The Balaban J connectivity index is 2.45. The van der Waals surface area contributed by atoms with Crippen LogP contribution in [0.4, 0.5) is 0 Å². The van der Waals surface area contributed by atoms with Crippen LogP contribution in [-0.4, -0.2) is 18.3 Å². The normalized spacial score (nSPS) is 20.4. The molecular formula is C14H17BClNO2. The van der Waals surface area contributed by atoms with Gasteiger partial charge in [-0.25, -0.2) is 0 Å². The Labute approximate surface area is 119 Å². The van der Waals surface area contributed by atoms with Crippen molar-refractivity contribution in [3.8, 4) is 6.07 Å². The minimum absolute atomic E-state index is 0.429. The number of halogens is 1. The molecule has 1 fully saturated rings. The van der Waals surface area contributed by atoms with Crippen molar-refractivity contribution in [1.29, 1.82) is 5.26 Å². The fourth-order valence-corrected chi connectivity index (χ4v) is 2.13. The van der Waals surface area contributed by atoms with Crippen molar-refractivity contribution in [3.05, 3.63) is 28.3 Å². The molecule has 0 saturated carbocycles. The SMILES string of the molecule is Cc1cc(C#N)c(B2OC(C)(C)C(C)(C)O2)cc1Cl. The summed E-state index contributed by atoms with van der Waals surface area (Å²) in [5.41, 5.74) is 1.25. The molecule has 1 aromatic carbocycles. The molecule has 19 heavy (non-hydrogen) atoms. The smallest absolute Gasteiger partial charge is 0.399 e. The molecule has 0 bridgehead atoms. The highest BCUT2D eigenvalue weighted by molar-refractivity contribution is 6.63. The van der Waals surface area contributed by atoms with Gasteiger partial charge in [-0.15, -0.1) is 0 Å². The van der Waals surface area contributed by atoms with Gasteiger partial charge in [-0.1, -0.05) is 11.6 Å². The summed E-state index contributed by atoms with van der Waals surface area (Å²) in [6, 6.07) is 5.70.